The molecule has 0 unspecified atom stereocenters. The first-order valence-electron chi connectivity index (χ1n) is 29.2. The topological polar surface area (TPSA) is 78.9 Å². The van der Waals surface area contributed by atoms with Crippen molar-refractivity contribution in [2.24, 2.45) is 11.8 Å². The molecular weight excluding hydrogens is 805 g/mol. The minimum Gasteiger partial charge on any atom is -0.462 e. The van der Waals surface area contributed by atoms with Gasteiger partial charge in [-0.1, -0.05) is 291 Å². The van der Waals surface area contributed by atoms with Gasteiger partial charge in [0.1, 0.15) is 13.2 Å². The van der Waals surface area contributed by atoms with Crippen molar-refractivity contribution in [2.75, 3.05) is 13.2 Å². The molecule has 0 aliphatic carbocycles. The molecule has 0 aromatic heterocycles. The summed E-state index contributed by atoms with van der Waals surface area (Å²) >= 11 is 0. The van der Waals surface area contributed by atoms with Crippen molar-refractivity contribution in [1.29, 1.82) is 0 Å². The SMILES string of the molecule is CCCCCCCCCCCCCCCC(=O)OC[C@@H](COC(=O)CCCCCCCCCCCCCCCCCCCCC(C)C)OC(=O)CCCCCCCCCCCCC(C)C. The maximum Gasteiger partial charge on any atom is 0.306 e. The van der Waals surface area contributed by atoms with E-state index in [-0.39, 0.29) is 31.1 Å². The Balaban J connectivity index is 4.23. The van der Waals surface area contributed by atoms with E-state index in [1.54, 1.807) is 0 Å². The fourth-order valence-corrected chi connectivity index (χ4v) is 9.05. The van der Waals surface area contributed by atoms with Crippen molar-refractivity contribution >= 4 is 17.9 Å². The van der Waals surface area contributed by atoms with Crippen LogP contribution in [0.4, 0.5) is 0 Å². The maximum atomic E-state index is 12.8. The van der Waals surface area contributed by atoms with Gasteiger partial charge in [-0.3, -0.25) is 14.4 Å². The molecule has 0 aromatic carbocycles. The quantitative estimate of drug-likeness (QED) is 0.0344. The molecule has 0 spiro atoms. The molecule has 0 bridgehead atoms. The second-order valence-corrected chi connectivity index (χ2v) is 21.2. The summed E-state index contributed by atoms with van der Waals surface area (Å²) in [6.45, 7) is 11.4. The maximum absolute atomic E-state index is 12.8. The van der Waals surface area contributed by atoms with Gasteiger partial charge >= 0.3 is 17.9 Å². The molecule has 0 aliphatic rings. The van der Waals surface area contributed by atoms with Gasteiger partial charge in [0.15, 0.2) is 6.10 Å². The first-order valence-corrected chi connectivity index (χ1v) is 29.2. The normalized spacial score (nSPS) is 12.0. The molecule has 0 fully saturated rings. The third-order valence-electron chi connectivity index (χ3n) is 13.5. The van der Waals surface area contributed by atoms with E-state index in [2.05, 4.69) is 34.6 Å². The molecule has 0 radical (unpaired) electrons. The molecule has 1 atom stereocenters. The van der Waals surface area contributed by atoms with Gasteiger partial charge < -0.3 is 14.2 Å². The predicted molar refractivity (Wildman–Crippen MR) is 280 cm³/mol. The third kappa shape index (κ3) is 53.2. The largest absolute Gasteiger partial charge is 0.462 e. The molecule has 6 nitrogen and oxygen atoms in total. The van der Waals surface area contributed by atoms with Crippen molar-refractivity contribution in [3.63, 3.8) is 0 Å². The zero-order valence-electron chi connectivity index (χ0n) is 44.6. The van der Waals surface area contributed by atoms with Crippen molar-refractivity contribution in [3.05, 3.63) is 0 Å². The summed E-state index contributed by atoms with van der Waals surface area (Å²) in [5.74, 6) is 0.836. The van der Waals surface area contributed by atoms with Crippen molar-refractivity contribution in [1.82, 2.24) is 0 Å². The van der Waals surface area contributed by atoms with Gasteiger partial charge in [0, 0.05) is 19.3 Å². The van der Waals surface area contributed by atoms with Crippen LogP contribution in [0.2, 0.25) is 0 Å². The van der Waals surface area contributed by atoms with Gasteiger partial charge in [0.2, 0.25) is 0 Å². The summed E-state index contributed by atoms with van der Waals surface area (Å²) in [5, 5.41) is 0. The molecule has 0 saturated heterocycles. The Hall–Kier alpha value is -1.59. The Morgan fingerprint density at radius 1 is 0.292 bits per heavy atom. The molecule has 0 N–H and O–H groups in total. The van der Waals surface area contributed by atoms with E-state index in [4.69, 9.17) is 14.2 Å². The second-order valence-electron chi connectivity index (χ2n) is 21.2. The van der Waals surface area contributed by atoms with Crippen LogP contribution in [0.15, 0.2) is 0 Å². The molecular formula is C59H114O6. The first-order chi connectivity index (χ1) is 31.7. The number of rotatable bonds is 53. The number of hydrogen-bond acceptors (Lipinski definition) is 6. The van der Waals surface area contributed by atoms with Crippen LogP contribution in [0.3, 0.4) is 0 Å². The van der Waals surface area contributed by atoms with Gasteiger partial charge in [0.05, 0.1) is 0 Å². The molecule has 6 heteroatoms. The van der Waals surface area contributed by atoms with Gasteiger partial charge in [0.25, 0.3) is 0 Å². The Labute approximate surface area is 406 Å². The van der Waals surface area contributed by atoms with Crippen LogP contribution < -0.4 is 0 Å². The molecule has 0 aliphatic heterocycles. The zero-order valence-corrected chi connectivity index (χ0v) is 44.6. The Kier molecular flexibility index (Phi) is 50.5. The molecule has 65 heavy (non-hydrogen) atoms. The van der Waals surface area contributed by atoms with Crippen LogP contribution in [-0.2, 0) is 28.6 Å². The molecule has 386 valence electrons. The van der Waals surface area contributed by atoms with Crippen LogP contribution in [0.25, 0.3) is 0 Å². The number of carbonyl (C=O) groups is 3. The van der Waals surface area contributed by atoms with E-state index in [0.29, 0.717) is 19.3 Å². The minimum atomic E-state index is -0.762. The average molecular weight is 920 g/mol. The van der Waals surface area contributed by atoms with Crippen LogP contribution in [0.1, 0.15) is 330 Å². The summed E-state index contributed by atoms with van der Waals surface area (Å²) in [5.41, 5.74) is 0. The smallest absolute Gasteiger partial charge is 0.306 e. The minimum absolute atomic E-state index is 0.0628. The van der Waals surface area contributed by atoms with Gasteiger partial charge in [-0.05, 0) is 31.1 Å². The monoisotopic (exact) mass is 919 g/mol. The molecule has 0 aromatic rings. The van der Waals surface area contributed by atoms with Crippen LogP contribution >= 0.6 is 0 Å². The van der Waals surface area contributed by atoms with Crippen LogP contribution in [0.5, 0.6) is 0 Å². The molecule has 0 saturated carbocycles. The lowest BCUT2D eigenvalue weighted by Gasteiger charge is -2.18. The summed E-state index contributed by atoms with van der Waals surface area (Å²) < 4.78 is 16.9. The number of esters is 3. The summed E-state index contributed by atoms with van der Waals surface area (Å²) in [4.78, 5) is 38.1. The Morgan fingerprint density at radius 3 is 0.754 bits per heavy atom. The van der Waals surface area contributed by atoms with Gasteiger partial charge in [-0.2, -0.15) is 0 Å². The number of unbranched alkanes of at least 4 members (excludes halogenated alkanes) is 38. The van der Waals surface area contributed by atoms with Crippen molar-refractivity contribution < 1.29 is 28.6 Å². The van der Waals surface area contributed by atoms with E-state index < -0.39 is 6.10 Å². The van der Waals surface area contributed by atoms with E-state index in [1.807, 2.05) is 0 Å². The fourth-order valence-electron chi connectivity index (χ4n) is 9.05. The summed E-state index contributed by atoms with van der Waals surface area (Å²) in [7, 11) is 0. The molecule has 0 amide bonds. The van der Waals surface area contributed by atoms with E-state index >= 15 is 0 Å². The predicted octanol–water partition coefficient (Wildman–Crippen LogP) is 19.3. The first kappa shape index (κ1) is 63.4. The van der Waals surface area contributed by atoms with Crippen molar-refractivity contribution in [2.45, 2.75) is 336 Å². The zero-order chi connectivity index (χ0) is 47.5. The van der Waals surface area contributed by atoms with Crippen LogP contribution in [-0.4, -0.2) is 37.2 Å². The lowest BCUT2D eigenvalue weighted by atomic mass is 10.0. The van der Waals surface area contributed by atoms with E-state index in [9.17, 15) is 14.4 Å². The number of hydrogen-bond donors (Lipinski definition) is 0. The number of ether oxygens (including phenoxy) is 3. The Morgan fingerprint density at radius 2 is 0.508 bits per heavy atom. The second kappa shape index (κ2) is 51.8. The highest BCUT2D eigenvalue weighted by Crippen LogP contribution is 2.18. The highest BCUT2D eigenvalue weighted by Gasteiger charge is 2.19. The highest BCUT2D eigenvalue weighted by molar-refractivity contribution is 5.71. The standard InChI is InChI=1S/C59H114O6/c1-6-7-8-9-10-11-12-19-23-29-34-39-44-49-57(60)63-52-56(65-59(62)51-46-41-36-31-26-25-28-33-38-43-48-55(4)5)53-64-58(61)50-45-40-35-30-24-21-18-16-14-13-15-17-20-22-27-32-37-42-47-54(2)3/h54-56H,6-53H2,1-5H3/t56-/m0/s1. The van der Waals surface area contributed by atoms with Gasteiger partial charge in [-0.15, -0.1) is 0 Å². The van der Waals surface area contributed by atoms with E-state index in [0.717, 1.165) is 69.6 Å². The fraction of sp³-hybridized carbons (Fsp3) is 0.949. The van der Waals surface area contributed by atoms with Crippen molar-refractivity contribution in [3.8, 4) is 0 Å². The molecule has 0 rings (SSSR count). The summed E-state index contributed by atoms with van der Waals surface area (Å²) in [6.07, 6.45) is 55.3. The highest BCUT2D eigenvalue weighted by atomic mass is 16.6. The van der Waals surface area contributed by atoms with E-state index in [1.165, 1.54) is 218 Å². The van der Waals surface area contributed by atoms with Crippen LogP contribution in [0, 0.1) is 11.8 Å². The Bertz CT molecular complexity index is 993. The lowest BCUT2D eigenvalue weighted by molar-refractivity contribution is -0.167. The average Bonchev–Trinajstić information content (AvgIpc) is 3.28. The third-order valence-corrected chi connectivity index (χ3v) is 13.5. The number of carbonyl (C=O) groups excluding carboxylic acids is 3. The van der Waals surface area contributed by atoms with Gasteiger partial charge in [-0.25, -0.2) is 0 Å². The molecule has 0 heterocycles. The summed E-state index contributed by atoms with van der Waals surface area (Å²) in [6, 6.07) is 0. The lowest BCUT2D eigenvalue weighted by Crippen LogP contribution is -2.30.